The van der Waals surface area contributed by atoms with Gasteiger partial charge in [0.05, 0.1) is 15.8 Å². The van der Waals surface area contributed by atoms with E-state index in [1.54, 1.807) is 11.8 Å². The van der Waals surface area contributed by atoms with E-state index in [1.165, 1.54) is 0 Å². The molecule has 0 spiro atoms. The lowest BCUT2D eigenvalue weighted by Gasteiger charge is -2.31. The number of fused-ring (bicyclic) bond motifs is 1. The highest BCUT2D eigenvalue weighted by Crippen LogP contribution is 2.36. The third kappa shape index (κ3) is 3.99. The van der Waals surface area contributed by atoms with Crippen LogP contribution in [0.1, 0.15) is 24.5 Å². The van der Waals surface area contributed by atoms with Gasteiger partial charge in [0.15, 0.2) is 0 Å². The molecule has 26 heavy (non-hydrogen) atoms. The number of hydrogen-bond donors (Lipinski definition) is 0. The molecule has 0 aliphatic carbocycles. The summed E-state index contributed by atoms with van der Waals surface area (Å²) in [5, 5.41) is -0.419. The molecule has 0 bridgehead atoms. The molecular weight excluding hydrogens is 385 g/mol. The van der Waals surface area contributed by atoms with Crippen molar-refractivity contribution in [1.82, 2.24) is 4.98 Å². The second kappa shape index (κ2) is 7.48. The zero-order valence-corrected chi connectivity index (χ0v) is 15.5. The molecule has 0 saturated heterocycles. The predicted molar refractivity (Wildman–Crippen MR) is 96.7 cm³/mol. The van der Waals surface area contributed by atoms with Crippen molar-refractivity contribution in [2.75, 3.05) is 11.4 Å². The van der Waals surface area contributed by atoms with Crippen molar-refractivity contribution < 1.29 is 18.0 Å². The number of alkyl halides is 3. The summed E-state index contributed by atoms with van der Waals surface area (Å²) >= 11 is 7.01. The molecule has 1 amide bonds. The molecule has 3 rings (SSSR count). The summed E-state index contributed by atoms with van der Waals surface area (Å²) in [5.41, 5.74) is 1.11. The summed E-state index contributed by atoms with van der Waals surface area (Å²) in [6.07, 6.45) is -1.96. The highest BCUT2D eigenvalue weighted by atomic mass is 35.5. The van der Waals surface area contributed by atoms with Gasteiger partial charge in [0.2, 0.25) is 5.91 Å². The Morgan fingerprint density at radius 1 is 1.35 bits per heavy atom. The van der Waals surface area contributed by atoms with Crippen LogP contribution in [0.15, 0.2) is 41.6 Å². The van der Waals surface area contributed by atoms with Gasteiger partial charge >= 0.3 is 6.18 Å². The van der Waals surface area contributed by atoms with Gasteiger partial charge in [-0.3, -0.25) is 4.79 Å². The minimum atomic E-state index is -4.50. The van der Waals surface area contributed by atoms with Crippen molar-refractivity contribution in [3.05, 3.63) is 52.7 Å². The van der Waals surface area contributed by atoms with Crippen molar-refractivity contribution >= 4 is 35.0 Å². The molecule has 0 N–H and O–H groups in total. The quantitative estimate of drug-likeness (QED) is 0.663. The molecule has 2 aromatic rings. The second-order valence-corrected chi connectivity index (χ2v) is 7.73. The Bertz CT molecular complexity index is 828. The van der Waals surface area contributed by atoms with Crippen LogP contribution in [-0.4, -0.2) is 22.7 Å². The number of nitrogens with zero attached hydrogens (tertiary/aromatic N) is 2. The van der Waals surface area contributed by atoms with Crippen LogP contribution in [0.2, 0.25) is 5.02 Å². The molecule has 2 heterocycles. The summed E-state index contributed by atoms with van der Waals surface area (Å²) in [4.78, 5) is 18.4. The van der Waals surface area contributed by atoms with Crippen molar-refractivity contribution in [2.24, 2.45) is 0 Å². The van der Waals surface area contributed by atoms with Crippen molar-refractivity contribution in [3.8, 4) is 0 Å². The number of para-hydroxylation sites is 1. The molecule has 1 aromatic carbocycles. The van der Waals surface area contributed by atoms with Crippen LogP contribution in [0.3, 0.4) is 0 Å². The fourth-order valence-electron chi connectivity index (χ4n) is 2.87. The normalized spacial score (nSPS) is 15.5. The Hall–Kier alpha value is -1.73. The molecule has 1 aliphatic rings. The molecule has 3 nitrogen and oxygen atoms in total. The Kier molecular flexibility index (Phi) is 5.48. The molecule has 0 saturated carbocycles. The predicted octanol–water partition coefficient (Wildman–Crippen LogP) is 5.21. The SMILES string of the molecule is C[C@H](Sc1ncc(C(F)(F)F)cc1Cl)C(=O)N1CCCc2ccccc21. The average Bonchev–Trinajstić information content (AvgIpc) is 2.61. The Morgan fingerprint density at radius 2 is 2.08 bits per heavy atom. The number of aryl methyl sites for hydroxylation is 1. The smallest absolute Gasteiger partial charge is 0.311 e. The van der Waals surface area contributed by atoms with Gasteiger partial charge < -0.3 is 4.90 Å². The Labute approximate surface area is 158 Å². The third-order valence-electron chi connectivity index (χ3n) is 4.15. The van der Waals surface area contributed by atoms with Gasteiger partial charge in [-0.15, -0.1) is 0 Å². The number of carbonyl (C=O) groups excluding carboxylic acids is 1. The number of hydrogen-bond acceptors (Lipinski definition) is 3. The number of halogens is 4. The molecule has 8 heteroatoms. The van der Waals surface area contributed by atoms with E-state index in [0.29, 0.717) is 6.54 Å². The summed E-state index contributed by atoms with van der Waals surface area (Å²) in [6, 6.07) is 8.58. The van der Waals surface area contributed by atoms with Gasteiger partial charge in [0.25, 0.3) is 0 Å². The van der Waals surface area contributed by atoms with Crippen molar-refractivity contribution in [2.45, 2.75) is 36.2 Å². The first kappa shape index (κ1) is 19.0. The number of benzene rings is 1. The lowest BCUT2D eigenvalue weighted by molar-refractivity contribution is -0.137. The van der Waals surface area contributed by atoms with Gasteiger partial charge in [-0.05, 0) is 37.5 Å². The second-order valence-electron chi connectivity index (χ2n) is 5.99. The molecule has 0 fully saturated rings. The first-order valence-corrected chi connectivity index (χ1v) is 9.32. The van der Waals surface area contributed by atoms with Crippen LogP contribution in [0.25, 0.3) is 0 Å². The monoisotopic (exact) mass is 400 g/mol. The van der Waals surface area contributed by atoms with E-state index in [-0.39, 0.29) is 16.0 Å². The zero-order valence-electron chi connectivity index (χ0n) is 13.9. The van der Waals surface area contributed by atoms with Gasteiger partial charge in [-0.25, -0.2) is 4.98 Å². The first-order valence-electron chi connectivity index (χ1n) is 8.06. The first-order chi connectivity index (χ1) is 12.3. The molecule has 138 valence electrons. The number of carbonyl (C=O) groups is 1. The summed E-state index contributed by atoms with van der Waals surface area (Å²) in [5.74, 6) is -0.111. The molecule has 1 atom stereocenters. The zero-order chi connectivity index (χ0) is 18.9. The molecule has 0 radical (unpaired) electrons. The summed E-state index contributed by atoms with van der Waals surface area (Å²) < 4.78 is 38.1. The largest absolute Gasteiger partial charge is 0.417 e. The highest BCUT2D eigenvalue weighted by Gasteiger charge is 2.32. The minimum absolute atomic E-state index is 0.108. The molecular formula is C18H16ClF3N2OS. The maximum Gasteiger partial charge on any atom is 0.417 e. The number of rotatable bonds is 3. The summed E-state index contributed by atoms with van der Waals surface area (Å²) in [7, 11) is 0. The molecule has 1 aliphatic heterocycles. The van der Waals surface area contributed by atoms with Gasteiger partial charge in [0.1, 0.15) is 5.03 Å². The lowest BCUT2D eigenvalue weighted by atomic mass is 10.0. The average molecular weight is 401 g/mol. The van der Waals surface area contributed by atoms with Crippen LogP contribution in [0.4, 0.5) is 18.9 Å². The van der Waals surface area contributed by atoms with Crippen LogP contribution in [0.5, 0.6) is 0 Å². The van der Waals surface area contributed by atoms with Crippen LogP contribution in [-0.2, 0) is 17.4 Å². The van der Waals surface area contributed by atoms with E-state index < -0.39 is 17.0 Å². The van der Waals surface area contributed by atoms with E-state index in [0.717, 1.165) is 48.1 Å². The van der Waals surface area contributed by atoms with E-state index in [2.05, 4.69) is 4.98 Å². The van der Waals surface area contributed by atoms with E-state index in [9.17, 15) is 18.0 Å². The maximum absolute atomic E-state index is 12.9. The maximum atomic E-state index is 12.9. The minimum Gasteiger partial charge on any atom is -0.311 e. The van der Waals surface area contributed by atoms with Crippen LogP contribution < -0.4 is 4.90 Å². The molecule has 0 unspecified atom stereocenters. The fourth-order valence-corrected chi connectivity index (χ4v) is 4.01. The topological polar surface area (TPSA) is 33.2 Å². The Morgan fingerprint density at radius 3 is 2.77 bits per heavy atom. The van der Waals surface area contributed by atoms with Crippen molar-refractivity contribution in [1.29, 1.82) is 0 Å². The number of amides is 1. The van der Waals surface area contributed by atoms with Crippen LogP contribution >= 0.6 is 23.4 Å². The standard InChI is InChI=1S/C18H16ClF3N2OS/c1-11(26-16-14(19)9-13(10-23-16)18(20,21)22)17(25)24-8-4-6-12-5-2-3-7-15(12)24/h2-3,5,7,9-11H,4,6,8H2,1H3/t11-/m0/s1. The van der Waals surface area contributed by atoms with Gasteiger partial charge in [-0.2, -0.15) is 13.2 Å². The van der Waals surface area contributed by atoms with Crippen LogP contribution in [0, 0.1) is 0 Å². The number of aromatic nitrogens is 1. The number of anilines is 1. The fraction of sp³-hybridized carbons (Fsp3) is 0.333. The van der Waals surface area contributed by atoms with Gasteiger partial charge in [0, 0.05) is 18.4 Å². The number of pyridine rings is 1. The Balaban J connectivity index is 1.77. The summed E-state index contributed by atoms with van der Waals surface area (Å²) in [6.45, 7) is 2.33. The van der Waals surface area contributed by atoms with Gasteiger partial charge in [-0.1, -0.05) is 41.6 Å². The van der Waals surface area contributed by atoms with E-state index in [4.69, 9.17) is 11.6 Å². The third-order valence-corrected chi connectivity index (χ3v) is 5.65. The van der Waals surface area contributed by atoms with Crippen molar-refractivity contribution in [3.63, 3.8) is 0 Å². The van der Waals surface area contributed by atoms with E-state index in [1.807, 2.05) is 24.3 Å². The molecule has 1 aromatic heterocycles. The number of thioether (sulfide) groups is 1. The highest BCUT2D eigenvalue weighted by molar-refractivity contribution is 8.00. The lowest BCUT2D eigenvalue weighted by Crippen LogP contribution is -2.40. The van der Waals surface area contributed by atoms with E-state index >= 15 is 0 Å².